The van der Waals surface area contributed by atoms with Crippen LogP contribution in [0.4, 0.5) is 0 Å². The van der Waals surface area contributed by atoms with Crippen molar-refractivity contribution in [3.8, 4) is 5.75 Å². The molecule has 3 rings (SSSR count). The van der Waals surface area contributed by atoms with Gasteiger partial charge < -0.3 is 9.64 Å². The van der Waals surface area contributed by atoms with Crippen molar-refractivity contribution in [3.63, 3.8) is 0 Å². The van der Waals surface area contributed by atoms with Gasteiger partial charge in [-0.25, -0.2) is 8.42 Å². The molecule has 7 heteroatoms. The van der Waals surface area contributed by atoms with Crippen LogP contribution < -0.4 is 4.74 Å². The number of sulfone groups is 1. The monoisotopic (exact) mass is 388 g/mol. The van der Waals surface area contributed by atoms with E-state index < -0.39 is 15.1 Å². The first-order chi connectivity index (χ1) is 12.9. The summed E-state index contributed by atoms with van der Waals surface area (Å²) in [6.45, 7) is 4.53. The molecule has 1 aromatic carbocycles. The summed E-state index contributed by atoms with van der Waals surface area (Å²) < 4.78 is 30.2. The molecule has 2 aromatic rings. The van der Waals surface area contributed by atoms with Gasteiger partial charge in [-0.15, -0.1) is 0 Å². The maximum atomic E-state index is 12.5. The topological polar surface area (TPSA) is 76.6 Å². The highest BCUT2D eigenvalue weighted by Gasteiger charge is 2.27. The summed E-state index contributed by atoms with van der Waals surface area (Å²) >= 11 is 0. The van der Waals surface area contributed by atoms with Crippen LogP contribution in [0.25, 0.3) is 0 Å². The van der Waals surface area contributed by atoms with Gasteiger partial charge in [-0.05, 0) is 43.7 Å². The molecule has 27 heavy (non-hydrogen) atoms. The Balaban J connectivity index is 1.56. The zero-order chi connectivity index (χ0) is 19.4. The van der Waals surface area contributed by atoms with Gasteiger partial charge in [0.1, 0.15) is 11.9 Å². The molecule has 0 saturated carbocycles. The minimum Gasteiger partial charge on any atom is -0.488 e. The van der Waals surface area contributed by atoms with Crippen LogP contribution in [-0.4, -0.2) is 48.7 Å². The zero-order valence-electron chi connectivity index (χ0n) is 15.5. The number of hydrogen-bond donors (Lipinski definition) is 0. The second-order valence-corrected chi connectivity index (χ2v) is 9.47. The van der Waals surface area contributed by atoms with E-state index in [1.807, 2.05) is 0 Å². The molecule has 1 amide bonds. The SMILES string of the molecule is CC(C)S(=O)(=O)c1ccc(CC(=O)N2CCC(Oc3ccncc3)C2)cc1. The highest BCUT2D eigenvalue weighted by Crippen LogP contribution is 2.20. The Kier molecular flexibility index (Phi) is 5.79. The van der Waals surface area contributed by atoms with E-state index in [0.717, 1.165) is 17.7 Å². The maximum Gasteiger partial charge on any atom is 0.227 e. The third-order valence-electron chi connectivity index (χ3n) is 4.68. The van der Waals surface area contributed by atoms with Crippen LogP contribution in [0.2, 0.25) is 0 Å². The van der Waals surface area contributed by atoms with Crippen molar-refractivity contribution < 1.29 is 17.9 Å². The molecule has 0 N–H and O–H groups in total. The molecule has 1 fully saturated rings. The Morgan fingerprint density at radius 1 is 1.19 bits per heavy atom. The Morgan fingerprint density at radius 2 is 1.85 bits per heavy atom. The fraction of sp³-hybridized carbons (Fsp3) is 0.400. The summed E-state index contributed by atoms with van der Waals surface area (Å²) in [6, 6.07) is 10.2. The molecule has 1 atom stereocenters. The van der Waals surface area contributed by atoms with Crippen LogP contribution in [0.5, 0.6) is 5.75 Å². The molecule has 144 valence electrons. The lowest BCUT2D eigenvalue weighted by Gasteiger charge is -2.17. The maximum absolute atomic E-state index is 12.5. The van der Waals surface area contributed by atoms with Crippen molar-refractivity contribution in [1.29, 1.82) is 0 Å². The van der Waals surface area contributed by atoms with Crippen molar-refractivity contribution in [2.75, 3.05) is 13.1 Å². The van der Waals surface area contributed by atoms with E-state index in [0.29, 0.717) is 18.0 Å². The number of carbonyl (C=O) groups excluding carboxylic acids is 1. The van der Waals surface area contributed by atoms with Crippen molar-refractivity contribution in [2.24, 2.45) is 0 Å². The second-order valence-electron chi connectivity index (χ2n) is 6.97. The molecule has 1 saturated heterocycles. The summed E-state index contributed by atoms with van der Waals surface area (Å²) in [5.74, 6) is 0.779. The first-order valence-electron chi connectivity index (χ1n) is 9.03. The molecule has 1 unspecified atom stereocenters. The normalized spacial score (nSPS) is 17.3. The van der Waals surface area contributed by atoms with Crippen molar-refractivity contribution in [2.45, 2.75) is 42.9 Å². The molecule has 1 aromatic heterocycles. The van der Waals surface area contributed by atoms with E-state index in [1.165, 1.54) is 0 Å². The minimum absolute atomic E-state index is 0.0186. The van der Waals surface area contributed by atoms with E-state index in [4.69, 9.17) is 4.74 Å². The lowest BCUT2D eigenvalue weighted by atomic mass is 10.1. The number of amides is 1. The molecule has 0 bridgehead atoms. The van der Waals surface area contributed by atoms with Crippen LogP contribution in [0.3, 0.4) is 0 Å². The van der Waals surface area contributed by atoms with Crippen LogP contribution in [0, 0.1) is 0 Å². The molecule has 2 heterocycles. The number of benzene rings is 1. The lowest BCUT2D eigenvalue weighted by Crippen LogP contribution is -2.32. The summed E-state index contributed by atoms with van der Waals surface area (Å²) in [4.78, 5) is 18.6. The van der Waals surface area contributed by atoms with Gasteiger partial charge >= 0.3 is 0 Å². The van der Waals surface area contributed by atoms with Crippen LogP contribution in [0.1, 0.15) is 25.8 Å². The quantitative estimate of drug-likeness (QED) is 0.760. The van der Waals surface area contributed by atoms with Crippen LogP contribution in [-0.2, 0) is 21.1 Å². The van der Waals surface area contributed by atoms with E-state index >= 15 is 0 Å². The predicted octanol–water partition coefficient (Wildman–Crippen LogP) is 2.49. The number of carbonyl (C=O) groups is 1. The van der Waals surface area contributed by atoms with Crippen molar-refractivity contribution in [3.05, 3.63) is 54.4 Å². The predicted molar refractivity (Wildman–Crippen MR) is 102 cm³/mol. The molecule has 0 radical (unpaired) electrons. The first kappa shape index (κ1) is 19.4. The number of rotatable bonds is 6. The summed E-state index contributed by atoms with van der Waals surface area (Å²) in [6.07, 6.45) is 4.38. The molecular formula is C20H24N2O4S. The summed E-state index contributed by atoms with van der Waals surface area (Å²) in [7, 11) is -3.29. The summed E-state index contributed by atoms with van der Waals surface area (Å²) in [5.41, 5.74) is 0.807. The first-order valence-corrected chi connectivity index (χ1v) is 10.6. The Labute approximate surface area is 160 Å². The van der Waals surface area contributed by atoms with E-state index in [9.17, 15) is 13.2 Å². The van der Waals surface area contributed by atoms with E-state index in [1.54, 1.807) is 67.5 Å². The number of aromatic nitrogens is 1. The van der Waals surface area contributed by atoms with Crippen molar-refractivity contribution >= 4 is 15.7 Å². The Hall–Kier alpha value is -2.41. The van der Waals surface area contributed by atoms with Crippen LogP contribution >= 0.6 is 0 Å². The van der Waals surface area contributed by atoms with E-state index in [-0.39, 0.29) is 18.4 Å². The van der Waals surface area contributed by atoms with Gasteiger partial charge in [0.25, 0.3) is 0 Å². The van der Waals surface area contributed by atoms with Crippen LogP contribution in [0.15, 0.2) is 53.7 Å². The number of ether oxygens (including phenoxy) is 1. The van der Waals surface area contributed by atoms with Gasteiger partial charge in [-0.2, -0.15) is 0 Å². The Bertz CT molecular complexity index is 880. The zero-order valence-corrected chi connectivity index (χ0v) is 16.4. The molecule has 0 aliphatic carbocycles. The summed E-state index contributed by atoms with van der Waals surface area (Å²) in [5, 5.41) is -0.466. The average molecular weight is 388 g/mol. The molecular weight excluding hydrogens is 364 g/mol. The fourth-order valence-corrected chi connectivity index (χ4v) is 4.08. The number of hydrogen-bond acceptors (Lipinski definition) is 5. The largest absolute Gasteiger partial charge is 0.488 e. The van der Waals surface area contributed by atoms with Gasteiger partial charge in [0, 0.05) is 25.4 Å². The molecule has 1 aliphatic heterocycles. The number of nitrogens with zero attached hydrogens (tertiary/aromatic N) is 2. The van der Waals surface area contributed by atoms with E-state index in [2.05, 4.69) is 4.98 Å². The third kappa shape index (κ3) is 4.66. The molecule has 1 aliphatic rings. The average Bonchev–Trinajstić information content (AvgIpc) is 3.11. The fourth-order valence-electron chi connectivity index (χ4n) is 3.02. The van der Waals surface area contributed by atoms with Gasteiger partial charge in [0.05, 0.1) is 23.1 Å². The highest BCUT2D eigenvalue weighted by atomic mass is 32.2. The lowest BCUT2D eigenvalue weighted by molar-refractivity contribution is -0.129. The third-order valence-corrected chi connectivity index (χ3v) is 6.85. The smallest absolute Gasteiger partial charge is 0.227 e. The van der Waals surface area contributed by atoms with Gasteiger partial charge in [-0.1, -0.05) is 12.1 Å². The van der Waals surface area contributed by atoms with Crippen molar-refractivity contribution in [1.82, 2.24) is 9.88 Å². The molecule has 0 spiro atoms. The standard InChI is InChI=1S/C20H24N2O4S/c1-15(2)27(24,25)19-5-3-16(4-6-19)13-20(23)22-12-9-18(14-22)26-17-7-10-21-11-8-17/h3-8,10-11,15,18H,9,12-14H2,1-2H3. The highest BCUT2D eigenvalue weighted by molar-refractivity contribution is 7.92. The molecule has 6 nitrogen and oxygen atoms in total. The second kappa shape index (κ2) is 8.08. The number of likely N-dealkylation sites (tertiary alicyclic amines) is 1. The van der Waals surface area contributed by atoms with Gasteiger partial charge in [0.15, 0.2) is 9.84 Å². The number of pyridine rings is 1. The Morgan fingerprint density at radius 3 is 2.48 bits per heavy atom. The van der Waals surface area contributed by atoms with Gasteiger partial charge in [0.2, 0.25) is 5.91 Å². The minimum atomic E-state index is -3.29. The van der Waals surface area contributed by atoms with Gasteiger partial charge in [-0.3, -0.25) is 9.78 Å².